The third kappa shape index (κ3) is 4.99. The summed E-state index contributed by atoms with van der Waals surface area (Å²) in [5.41, 5.74) is 9.66. The van der Waals surface area contributed by atoms with Gasteiger partial charge in [0.05, 0.1) is 37.0 Å². The number of amides is 1. The van der Waals surface area contributed by atoms with Crippen LogP contribution in [0.1, 0.15) is 33.1 Å². The van der Waals surface area contributed by atoms with Gasteiger partial charge < -0.3 is 15.4 Å². The van der Waals surface area contributed by atoms with Crippen molar-refractivity contribution in [1.82, 2.24) is 14.9 Å². The number of nitrogens with two attached hydrogens (primary N) is 1. The molecule has 1 aliphatic rings. The number of pyridine rings is 1. The molecule has 2 aromatic heterocycles. The molecule has 0 fully saturated rings. The summed E-state index contributed by atoms with van der Waals surface area (Å²) in [6.45, 7) is 4.15. The number of H-pyrrole nitrogens is 1. The predicted molar refractivity (Wildman–Crippen MR) is 122 cm³/mol. The van der Waals surface area contributed by atoms with Gasteiger partial charge in [-0.25, -0.2) is 13.8 Å². The van der Waals surface area contributed by atoms with Gasteiger partial charge >= 0.3 is 5.82 Å². The molecule has 3 heterocycles. The minimum absolute atomic E-state index is 0.101. The van der Waals surface area contributed by atoms with Crippen LogP contribution in [0.15, 0.2) is 42.4 Å². The molecule has 0 bridgehead atoms. The second-order valence-corrected chi connectivity index (χ2v) is 8.40. The smallest absolute Gasteiger partial charge is 0.328 e. The summed E-state index contributed by atoms with van der Waals surface area (Å²) >= 11 is 6.20. The van der Waals surface area contributed by atoms with E-state index >= 15 is 0 Å². The van der Waals surface area contributed by atoms with Gasteiger partial charge in [-0.05, 0) is 35.7 Å². The van der Waals surface area contributed by atoms with E-state index in [1.165, 1.54) is 29.3 Å². The molecule has 1 aromatic carbocycles. The topological polar surface area (TPSA) is 95.5 Å². The number of aromatic nitrogens is 3. The maximum atomic E-state index is 13.9. The van der Waals surface area contributed by atoms with Crippen LogP contribution in [0.4, 0.5) is 8.78 Å². The van der Waals surface area contributed by atoms with Gasteiger partial charge in [0, 0.05) is 31.3 Å². The molecule has 10 heteroatoms. The zero-order chi connectivity index (χ0) is 24.4. The fourth-order valence-electron chi connectivity index (χ4n) is 3.75. The van der Waals surface area contributed by atoms with Gasteiger partial charge in [-0.3, -0.25) is 9.78 Å². The van der Waals surface area contributed by atoms with Crippen molar-refractivity contribution < 1.29 is 23.3 Å². The van der Waals surface area contributed by atoms with E-state index in [0.717, 1.165) is 18.0 Å². The highest BCUT2D eigenvalue weighted by atomic mass is 35.5. The second-order valence-electron chi connectivity index (χ2n) is 8.03. The molecule has 176 valence electrons. The van der Waals surface area contributed by atoms with Gasteiger partial charge in [0.2, 0.25) is 0 Å². The molecule has 7 nitrogen and oxygen atoms in total. The summed E-state index contributed by atoms with van der Waals surface area (Å²) in [7, 11) is 0. The predicted octanol–water partition coefficient (Wildman–Crippen LogP) is 3.29. The molecule has 0 spiro atoms. The van der Waals surface area contributed by atoms with E-state index in [1.807, 2.05) is 6.92 Å². The van der Waals surface area contributed by atoms with E-state index in [-0.39, 0.29) is 36.9 Å². The molecular formula is C24H23ClF2N5O2+. The van der Waals surface area contributed by atoms with Crippen molar-refractivity contribution in [1.29, 1.82) is 0 Å². The number of carbonyl (C=O) groups excluding carboxylic acids is 1. The van der Waals surface area contributed by atoms with Crippen molar-refractivity contribution >= 4 is 23.1 Å². The molecule has 1 amide bonds. The van der Waals surface area contributed by atoms with Crippen LogP contribution in [0, 0.1) is 25.5 Å². The van der Waals surface area contributed by atoms with Gasteiger partial charge in [0.25, 0.3) is 5.91 Å². The van der Waals surface area contributed by atoms with Crippen LogP contribution in [-0.2, 0) is 6.42 Å². The van der Waals surface area contributed by atoms with Gasteiger partial charge in [-0.2, -0.15) is 0 Å². The number of nitrogens with zero attached hydrogens (tertiary/aromatic N) is 3. The van der Waals surface area contributed by atoms with E-state index < -0.39 is 11.6 Å². The first-order valence-electron chi connectivity index (χ1n) is 10.6. The van der Waals surface area contributed by atoms with Crippen LogP contribution in [0.25, 0.3) is 5.57 Å². The molecule has 4 rings (SSSR count). The quantitative estimate of drug-likeness (QED) is 0.577. The third-order valence-corrected chi connectivity index (χ3v) is 6.04. The monoisotopic (exact) mass is 486 g/mol. The molecule has 0 unspecified atom stereocenters. The van der Waals surface area contributed by atoms with Crippen molar-refractivity contribution in [2.24, 2.45) is 5.73 Å². The fourth-order valence-corrected chi connectivity index (χ4v) is 3.83. The SMILES string of the molecule is Cc1nc(C2=C(N)CN(C(=O)c3ccc(F)cc3OCCc3cncc(F)c3)C2)[nH+]c(C)c1Cl. The highest BCUT2D eigenvalue weighted by Gasteiger charge is 2.32. The van der Waals surface area contributed by atoms with Gasteiger partial charge in [0.15, 0.2) is 5.69 Å². The Hall–Kier alpha value is -3.59. The highest BCUT2D eigenvalue weighted by molar-refractivity contribution is 6.31. The van der Waals surface area contributed by atoms with Crippen LogP contribution in [0.2, 0.25) is 5.02 Å². The van der Waals surface area contributed by atoms with Crippen molar-refractivity contribution in [3.8, 4) is 5.75 Å². The Morgan fingerprint density at radius 3 is 2.74 bits per heavy atom. The van der Waals surface area contributed by atoms with Crippen LogP contribution in [0.3, 0.4) is 0 Å². The van der Waals surface area contributed by atoms with E-state index in [9.17, 15) is 13.6 Å². The van der Waals surface area contributed by atoms with Crippen molar-refractivity contribution in [3.63, 3.8) is 0 Å². The maximum absolute atomic E-state index is 13.9. The number of hydrogen-bond donors (Lipinski definition) is 1. The largest absolute Gasteiger partial charge is 0.492 e. The Labute approximate surface area is 200 Å². The molecule has 0 radical (unpaired) electrons. The zero-order valence-corrected chi connectivity index (χ0v) is 19.4. The van der Waals surface area contributed by atoms with Crippen LogP contribution in [0.5, 0.6) is 5.75 Å². The van der Waals surface area contributed by atoms with Crippen molar-refractivity contribution in [3.05, 3.63) is 87.4 Å². The Kier molecular flexibility index (Phi) is 6.74. The lowest BCUT2D eigenvalue weighted by Crippen LogP contribution is -2.31. The van der Waals surface area contributed by atoms with Crippen molar-refractivity contribution in [2.75, 3.05) is 19.7 Å². The van der Waals surface area contributed by atoms with Crippen LogP contribution < -0.4 is 15.5 Å². The molecule has 1 aliphatic heterocycles. The number of nitrogens with one attached hydrogen (secondary N) is 1. The maximum Gasteiger partial charge on any atom is 0.328 e. The molecule has 0 saturated heterocycles. The minimum atomic E-state index is -0.537. The third-order valence-electron chi connectivity index (χ3n) is 5.49. The lowest BCUT2D eigenvalue weighted by atomic mass is 10.1. The van der Waals surface area contributed by atoms with E-state index in [1.54, 1.807) is 6.92 Å². The number of rotatable bonds is 6. The summed E-state index contributed by atoms with van der Waals surface area (Å²) in [5, 5.41) is 0.538. The number of benzene rings is 1. The number of halogens is 3. The first kappa shape index (κ1) is 23.6. The second kappa shape index (κ2) is 9.72. The number of carbonyl (C=O) groups is 1. The average molecular weight is 487 g/mol. The molecule has 0 saturated carbocycles. The average Bonchev–Trinajstić information content (AvgIpc) is 3.18. The lowest BCUT2D eigenvalue weighted by molar-refractivity contribution is -0.396. The first-order chi connectivity index (χ1) is 16.2. The first-order valence-corrected chi connectivity index (χ1v) is 11.0. The summed E-state index contributed by atoms with van der Waals surface area (Å²) in [6, 6.07) is 5.09. The van der Waals surface area contributed by atoms with Gasteiger partial charge in [-0.1, -0.05) is 11.6 Å². The normalized spacial score (nSPS) is 13.5. The molecule has 3 N–H and O–H groups in total. The number of aromatic amines is 1. The fraction of sp³-hybridized carbons (Fsp3) is 0.250. The summed E-state index contributed by atoms with van der Waals surface area (Å²) < 4.78 is 33.0. The van der Waals surface area contributed by atoms with E-state index in [4.69, 9.17) is 22.1 Å². The standard InChI is InChI=1S/C24H22ClF2N5O2/c1-13-22(25)14(2)31-23(30-13)19-11-32(12-20(19)28)24(33)18-4-3-16(26)8-21(18)34-6-5-15-7-17(27)10-29-9-15/h3-4,7-10H,5-6,11-12,28H2,1-2H3/p+1. The molecule has 0 atom stereocenters. The number of hydrogen-bond acceptors (Lipinski definition) is 5. The van der Waals surface area contributed by atoms with Gasteiger partial charge in [-0.15, -0.1) is 0 Å². The number of ether oxygens (including phenoxy) is 1. The Morgan fingerprint density at radius 1 is 1.21 bits per heavy atom. The molecule has 3 aromatic rings. The summed E-state index contributed by atoms with van der Waals surface area (Å²) in [6.07, 6.45) is 2.97. The molecular weight excluding hydrogens is 464 g/mol. The number of aryl methyl sites for hydroxylation is 2. The van der Waals surface area contributed by atoms with Crippen LogP contribution >= 0.6 is 11.6 Å². The summed E-state index contributed by atoms with van der Waals surface area (Å²) in [5.74, 6) is -0.699. The zero-order valence-electron chi connectivity index (χ0n) is 18.7. The van der Waals surface area contributed by atoms with Crippen LogP contribution in [-0.4, -0.2) is 40.5 Å². The van der Waals surface area contributed by atoms with Gasteiger partial charge in [0.1, 0.15) is 28.1 Å². The van der Waals surface area contributed by atoms with E-state index in [2.05, 4.69) is 15.0 Å². The Balaban J connectivity index is 1.50. The molecule has 34 heavy (non-hydrogen) atoms. The Morgan fingerprint density at radius 2 is 2.00 bits per heavy atom. The van der Waals surface area contributed by atoms with Crippen molar-refractivity contribution in [2.45, 2.75) is 20.3 Å². The summed E-state index contributed by atoms with van der Waals surface area (Å²) in [4.78, 5) is 26.2. The minimum Gasteiger partial charge on any atom is -0.492 e. The molecule has 0 aliphatic carbocycles. The Bertz CT molecular complexity index is 1280. The lowest BCUT2D eigenvalue weighted by Gasteiger charge is -2.18. The van der Waals surface area contributed by atoms with E-state index in [0.29, 0.717) is 39.8 Å². The highest BCUT2D eigenvalue weighted by Crippen LogP contribution is 2.27.